The molecule has 4 heteroatoms. The van der Waals surface area contributed by atoms with Crippen LogP contribution in [0.15, 0.2) is 29.3 Å². The van der Waals surface area contributed by atoms with Crippen molar-refractivity contribution in [3.8, 4) is 0 Å². The van der Waals surface area contributed by atoms with Gasteiger partial charge in [0.1, 0.15) is 5.71 Å². The standard InChI is InChI=1S/C9H5Cl2NO/c10-7-3-1-6(2-4-7)9(11)8(5-13)12-9/h1-5H. The molecule has 1 aromatic carbocycles. The van der Waals surface area contributed by atoms with Crippen LogP contribution in [0.3, 0.4) is 0 Å². The summed E-state index contributed by atoms with van der Waals surface area (Å²) in [5, 5.41) is 0.636. The van der Waals surface area contributed by atoms with Crippen LogP contribution in [-0.2, 0) is 9.79 Å². The first-order valence-electron chi connectivity index (χ1n) is 3.67. The van der Waals surface area contributed by atoms with Crippen LogP contribution >= 0.6 is 23.2 Å². The van der Waals surface area contributed by atoms with E-state index in [0.29, 0.717) is 17.0 Å². The average molecular weight is 214 g/mol. The highest BCUT2D eigenvalue weighted by Crippen LogP contribution is 2.42. The summed E-state index contributed by atoms with van der Waals surface area (Å²) >= 11 is 11.7. The van der Waals surface area contributed by atoms with E-state index in [0.717, 1.165) is 5.56 Å². The molecule has 0 spiro atoms. The average Bonchev–Trinajstić information content (AvgIpc) is 2.80. The maximum Gasteiger partial charge on any atom is 0.204 e. The summed E-state index contributed by atoms with van der Waals surface area (Å²) in [6.07, 6.45) is 0.668. The first-order chi connectivity index (χ1) is 6.16. The summed E-state index contributed by atoms with van der Waals surface area (Å²) < 4.78 is 0. The summed E-state index contributed by atoms with van der Waals surface area (Å²) in [6, 6.07) is 6.96. The second-order valence-electron chi connectivity index (χ2n) is 2.74. The van der Waals surface area contributed by atoms with E-state index in [-0.39, 0.29) is 0 Å². The van der Waals surface area contributed by atoms with E-state index >= 15 is 0 Å². The van der Waals surface area contributed by atoms with Crippen LogP contribution in [0.5, 0.6) is 0 Å². The van der Waals surface area contributed by atoms with Gasteiger partial charge in [0.15, 0.2) is 6.29 Å². The molecule has 0 N–H and O–H groups in total. The Hall–Kier alpha value is -0.860. The molecule has 0 saturated carbocycles. The van der Waals surface area contributed by atoms with Crippen LogP contribution in [0.25, 0.3) is 0 Å². The van der Waals surface area contributed by atoms with Crippen molar-refractivity contribution in [1.82, 2.24) is 0 Å². The van der Waals surface area contributed by atoms with Crippen LogP contribution in [0.2, 0.25) is 5.02 Å². The summed E-state index contributed by atoms with van der Waals surface area (Å²) in [7, 11) is 0. The number of benzene rings is 1. The number of carbonyl (C=O) groups is 1. The SMILES string of the molecule is O=CC1=NC1(Cl)c1ccc(Cl)cc1. The molecule has 1 aliphatic heterocycles. The molecule has 1 unspecified atom stereocenters. The van der Waals surface area contributed by atoms with Crippen molar-refractivity contribution in [2.45, 2.75) is 5.00 Å². The Morgan fingerprint density at radius 3 is 2.38 bits per heavy atom. The lowest BCUT2D eigenvalue weighted by Crippen LogP contribution is -2.08. The Morgan fingerprint density at radius 2 is 1.92 bits per heavy atom. The fourth-order valence-electron chi connectivity index (χ4n) is 1.13. The van der Waals surface area contributed by atoms with Crippen molar-refractivity contribution >= 4 is 35.2 Å². The van der Waals surface area contributed by atoms with Gasteiger partial charge >= 0.3 is 0 Å². The highest BCUT2D eigenvalue weighted by atomic mass is 35.5. The number of carbonyl (C=O) groups excluding carboxylic acids is 1. The van der Waals surface area contributed by atoms with E-state index < -0.39 is 5.00 Å². The molecule has 0 radical (unpaired) electrons. The van der Waals surface area contributed by atoms with E-state index in [1.54, 1.807) is 24.3 Å². The maximum absolute atomic E-state index is 10.4. The molecule has 2 rings (SSSR count). The Kier molecular flexibility index (Phi) is 1.90. The van der Waals surface area contributed by atoms with Crippen LogP contribution in [0, 0.1) is 0 Å². The third-order valence-corrected chi connectivity index (χ3v) is 2.65. The molecular formula is C9H5Cl2NO. The number of nitrogens with zero attached hydrogens (tertiary/aromatic N) is 1. The molecule has 1 aromatic rings. The summed E-state index contributed by atoms with van der Waals surface area (Å²) in [5.41, 5.74) is 1.15. The number of aliphatic imine (C=N–C) groups is 1. The maximum atomic E-state index is 10.4. The topological polar surface area (TPSA) is 29.4 Å². The number of aldehydes is 1. The normalized spacial score (nSPS) is 25.2. The quantitative estimate of drug-likeness (QED) is 0.422. The van der Waals surface area contributed by atoms with Crippen LogP contribution < -0.4 is 0 Å². The van der Waals surface area contributed by atoms with Crippen LogP contribution in [-0.4, -0.2) is 12.0 Å². The highest BCUT2D eigenvalue weighted by Gasteiger charge is 2.46. The lowest BCUT2D eigenvalue weighted by molar-refractivity contribution is -0.102. The van der Waals surface area contributed by atoms with E-state index in [1.165, 1.54) is 0 Å². The van der Waals surface area contributed by atoms with Gasteiger partial charge < -0.3 is 0 Å². The number of hydrogen-bond donors (Lipinski definition) is 0. The van der Waals surface area contributed by atoms with Gasteiger partial charge in [-0.1, -0.05) is 35.3 Å². The molecule has 0 amide bonds. The smallest absolute Gasteiger partial charge is 0.204 e. The summed E-state index contributed by atoms with van der Waals surface area (Å²) in [5.74, 6) is 0. The molecule has 0 aromatic heterocycles. The van der Waals surface area contributed by atoms with E-state index in [4.69, 9.17) is 23.2 Å². The molecule has 13 heavy (non-hydrogen) atoms. The summed E-state index contributed by atoms with van der Waals surface area (Å²) in [4.78, 5) is 13.3. The highest BCUT2D eigenvalue weighted by molar-refractivity contribution is 6.55. The van der Waals surface area contributed by atoms with Gasteiger partial charge in [-0.15, -0.1) is 0 Å². The fourth-order valence-corrected chi connectivity index (χ4v) is 1.51. The lowest BCUT2D eigenvalue weighted by Gasteiger charge is -2.04. The first kappa shape index (κ1) is 8.73. The molecule has 2 nitrogen and oxygen atoms in total. The van der Waals surface area contributed by atoms with Crippen molar-refractivity contribution in [3.05, 3.63) is 34.9 Å². The molecular weight excluding hydrogens is 209 g/mol. The molecule has 1 aliphatic rings. The number of hydrogen-bond acceptors (Lipinski definition) is 2. The van der Waals surface area contributed by atoms with Crippen molar-refractivity contribution in [2.75, 3.05) is 0 Å². The molecule has 1 heterocycles. The van der Waals surface area contributed by atoms with Gasteiger partial charge in [-0.2, -0.15) is 0 Å². The largest absolute Gasteiger partial charge is 0.296 e. The van der Waals surface area contributed by atoms with Gasteiger partial charge in [0.05, 0.1) is 0 Å². The van der Waals surface area contributed by atoms with Crippen molar-refractivity contribution in [3.63, 3.8) is 0 Å². The number of halogens is 2. The Balaban J connectivity index is 2.29. The molecule has 1 atom stereocenters. The predicted molar refractivity (Wildman–Crippen MR) is 52.5 cm³/mol. The van der Waals surface area contributed by atoms with Gasteiger partial charge in [0.25, 0.3) is 0 Å². The second kappa shape index (κ2) is 2.82. The van der Waals surface area contributed by atoms with Crippen molar-refractivity contribution < 1.29 is 4.79 Å². The van der Waals surface area contributed by atoms with Gasteiger partial charge in [0.2, 0.25) is 5.00 Å². The van der Waals surface area contributed by atoms with Crippen molar-refractivity contribution in [2.24, 2.45) is 4.99 Å². The fraction of sp³-hybridized carbons (Fsp3) is 0.111. The van der Waals surface area contributed by atoms with E-state index in [2.05, 4.69) is 4.99 Å². The molecule has 0 saturated heterocycles. The molecule has 0 bridgehead atoms. The molecule has 0 aliphatic carbocycles. The van der Waals surface area contributed by atoms with Crippen LogP contribution in [0.4, 0.5) is 0 Å². The monoisotopic (exact) mass is 213 g/mol. The molecule has 0 fully saturated rings. The zero-order valence-corrected chi connectivity index (χ0v) is 8.01. The Labute approximate surface area is 85.2 Å². The zero-order chi connectivity index (χ0) is 9.47. The minimum atomic E-state index is -0.910. The minimum absolute atomic E-state index is 0.372. The zero-order valence-electron chi connectivity index (χ0n) is 6.50. The van der Waals surface area contributed by atoms with Gasteiger partial charge in [-0.25, -0.2) is 4.99 Å². The van der Waals surface area contributed by atoms with Crippen LogP contribution in [0.1, 0.15) is 5.56 Å². The Morgan fingerprint density at radius 1 is 1.31 bits per heavy atom. The van der Waals surface area contributed by atoms with E-state index in [1.807, 2.05) is 0 Å². The Bertz CT molecular complexity index is 385. The third-order valence-electron chi connectivity index (χ3n) is 1.90. The van der Waals surface area contributed by atoms with Gasteiger partial charge in [-0.3, -0.25) is 4.79 Å². The first-order valence-corrected chi connectivity index (χ1v) is 4.43. The predicted octanol–water partition coefficient (Wildman–Crippen LogP) is 2.39. The van der Waals surface area contributed by atoms with Gasteiger partial charge in [0, 0.05) is 10.6 Å². The lowest BCUT2D eigenvalue weighted by atomic mass is 10.1. The second-order valence-corrected chi connectivity index (χ2v) is 3.73. The minimum Gasteiger partial charge on any atom is -0.296 e. The summed E-state index contributed by atoms with van der Waals surface area (Å²) in [6.45, 7) is 0. The number of rotatable bonds is 2. The van der Waals surface area contributed by atoms with E-state index in [9.17, 15) is 4.79 Å². The molecule has 66 valence electrons. The third kappa shape index (κ3) is 1.36. The van der Waals surface area contributed by atoms with Crippen molar-refractivity contribution in [1.29, 1.82) is 0 Å². The van der Waals surface area contributed by atoms with Gasteiger partial charge in [-0.05, 0) is 12.1 Å². The number of alkyl halides is 1.